The lowest BCUT2D eigenvalue weighted by Crippen LogP contribution is -2.49. The van der Waals surface area contributed by atoms with Crippen molar-refractivity contribution < 1.29 is 9.18 Å². The van der Waals surface area contributed by atoms with E-state index in [9.17, 15) is 9.18 Å². The van der Waals surface area contributed by atoms with E-state index in [1.807, 2.05) is 0 Å². The molecule has 1 aliphatic rings. The Hall–Kier alpha value is -1.49. The maximum atomic E-state index is 12.8. The summed E-state index contributed by atoms with van der Waals surface area (Å²) in [5.41, 5.74) is 0.416. The van der Waals surface area contributed by atoms with E-state index < -0.39 is 0 Å². The molecule has 2 rings (SSSR count). The lowest BCUT2D eigenvalue weighted by Gasteiger charge is -2.37. The minimum Gasteiger partial charge on any atom is -0.346 e. The smallest absolute Gasteiger partial charge is 0.257 e. The van der Waals surface area contributed by atoms with Gasteiger partial charge in [-0.2, -0.15) is 0 Å². The predicted octanol–water partition coefficient (Wildman–Crippen LogP) is 3.10. The van der Waals surface area contributed by atoms with Gasteiger partial charge < -0.3 is 4.90 Å². The molecule has 5 heteroatoms. The molecule has 0 aromatic heterocycles. The molecule has 1 amide bonds. The molecule has 1 heterocycles. The van der Waals surface area contributed by atoms with E-state index in [4.69, 9.17) is 12.2 Å². The van der Waals surface area contributed by atoms with Crippen LogP contribution >= 0.6 is 12.2 Å². The molecular formula is C15H19FN2OS. The van der Waals surface area contributed by atoms with Gasteiger partial charge in [-0.25, -0.2) is 4.39 Å². The maximum Gasteiger partial charge on any atom is 0.257 e. The van der Waals surface area contributed by atoms with Gasteiger partial charge in [-0.3, -0.25) is 10.1 Å². The Bertz CT molecular complexity index is 489. The first-order chi connectivity index (χ1) is 9.61. The monoisotopic (exact) mass is 294 g/mol. The van der Waals surface area contributed by atoms with Crippen LogP contribution in [-0.2, 0) is 0 Å². The van der Waals surface area contributed by atoms with Crippen molar-refractivity contribution in [1.82, 2.24) is 10.2 Å². The number of halogens is 1. The van der Waals surface area contributed by atoms with Crippen LogP contribution in [0.3, 0.4) is 0 Å². The Labute approximate surface area is 124 Å². The van der Waals surface area contributed by atoms with Gasteiger partial charge in [0, 0.05) is 18.2 Å². The standard InChI is InChI=1S/C15H19FN2OS/c1-2-13-5-3-4-10-18(13)15(20)17-14(19)11-6-8-12(16)9-7-11/h6-9,13H,2-5,10H2,1H3,(H,17,19,20)/t13-/m1/s1. The van der Waals surface area contributed by atoms with Gasteiger partial charge in [0.1, 0.15) is 5.82 Å². The summed E-state index contributed by atoms with van der Waals surface area (Å²) in [6.45, 7) is 3.02. The van der Waals surface area contributed by atoms with Crippen molar-refractivity contribution in [2.75, 3.05) is 6.54 Å². The number of amides is 1. The third kappa shape index (κ3) is 3.54. The first kappa shape index (κ1) is 14.9. The van der Waals surface area contributed by atoms with Crippen molar-refractivity contribution in [2.24, 2.45) is 0 Å². The quantitative estimate of drug-likeness (QED) is 0.851. The number of benzene rings is 1. The lowest BCUT2D eigenvalue weighted by molar-refractivity contribution is 0.0969. The Kier molecular flexibility index (Phi) is 5.06. The normalized spacial score (nSPS) is 18.7. The molecule has 20 heavy (non-hydrogen) atoms. The number of hydrogen-bond acceptors (Lipinski definition) is 2. The molecule has 1 saturated heterocycles. The highest BCUT2D eigenvalue weighted by molar-refractivity contribution is 7.80. The average Bonchev–Trinajstić information content (AvgIpc) is 2.47. The number of carbonyl (C=O) groups excluding carboxylic acids is 1. The minimum absolute atomic E-state index is 0.282. The Morgan fingerprint density at radius 1 is 1.40 bits per heavy atom. The molecule has 1 aromatic rings. The molecular weight excluding hydrogens is 275 g/mol. The number of nitrogens with zero attached hydrogens (tertiary/aromatic N) is 1. The van der Waals surface area contributed by atoms with Gasteiger partial charge >= 0.3 is 0 Å². The lowest BCUT2D eigenvalue weighted by atomic mass is 10.0. The number of thiocarbonyl (C=S) groups is 1. The summed E-state index contributed by atoms with van der Waals surface area (Å²) >= 11 is 5.34. The van der Waals surface area contributed by atoms with Gasteiger partial charge in [0.05, 0.1) is 0 Å². The van der Waals surface area contributed by atoms with Gasteiger partial charge in [-0.15, -0.1) is 0 Å². The second-order valence-electron chi connectivity index (χ2n) is 5.02. The van der Waals surface area contributed by atoms with Crippen LogP contribution in [0.25, 0.3) is 0 Å². The van der Waals surface area contributed by atoms with Crippen LogP contribution in [0.1, 0.15) is 43.0 Å². The average molecular weight is 294 g/mol. The molecule has 0 bridgehead atoms. The predicted molar refractivity (Wildman–Crippen MR) is 81.1 cm³/mol. The Balaban J connectivity index is 1.99. The summed E-state index contributed by atoms with van der Waals surface area (Å²) in [5, 5.41) is 3.22. The van der Waals surface area contributed by atoms with E-state index in [-0.39, 0.29) is 11.7 Å². The summed E-state index contributed by atoms with van der Waals surface area (Å²) in [4.78, 5) is 14.2. The Morgan fingerprint density at radius 2 is 2.10 bits per heavy atom. The molecule has 1 aliphatic heterocycles. The molecule has 1 aromatic carbocycles. The van der Waals surface area contributed by atoms with E-state index in [1.54, 1.807) is 0 Å². The van der Waals surface area contributed by atoms with Crippen LogP contribution in [0.4, 0.5) is 4.39 Å². The number of hydrogen-bond donors (Lipinski definition) is 1. The summed E-state index contributed by atoms with van der Waals surface area (Å²) in [6.07, 6.45) is 4.45. The molecule has 1 atom stereocenters. The van der Waals surface area contributed by atoms with E-state index in [0.29, 0.717) is 16.7 Å². The first-order valence-electron chi connectivity index (χ1n) is 6.99. The SMILES string of the molecule is CC[C@@H]1CCCCN1C(=S)NC(=O)c1ccc(F)cc1. The topological polar surface area (TPSA) is 32.3 Å². The largest absolute Gasteiger partial charge is 0.346 e. The molecule has 0 saturated carbocycles. The maximum absolute atomic E-state index is 12.8. The van der Waals surface area contributed by atoms with Crippen LogP contribution < -0.4 is 5.32 Å². The van der Waals surface area contributed by atoms with Crippen LogP contribution in [0.15, 0.2) is 24.3 Å². The highest BCUT2D eigenvalue weighted by Crippen LogP contribution is 2.19. The van der Waals surface area contributed by atoms with E-state index in [0.717, 1.165) is 25.8 Å². The van der Waals surface area contributed by atoms with Crippen molar-refractivity contribution >= 4 is 23.2 Å². The zero-order valence-electron chi connectivity index (χ0n) is 11.6. The number of likely N-dealkylation sites (tertiary alicyclic amines) is 1. The molecule has 0 radical (unpaired) electrons. The van der Waals surface area contributed by atoms with Gasteiger partial charge in [-0.1, -0.05) is 6.92 Å². The van der Waals surface area contributed by atoms with Gasteiger partial charge in [0.25, 0.3) is 5.91 Å². The van der Waals surface area contributed by atoms with Crippen LogP contribution in [-0.4, -0.2) is 28.5 Å². The zero-order chi connectivity index (χ0) is 14.5. The zero-order valence-corrected chi connectivity index (χ0v) is 12.4. The van der Waals surface area contributed by atoms with E-state index >= 15 is 0 Å². The molecule has 1 N–H and O–H groups in total. The molecule has 0 aliphatic carbocycles. The third-order valence-electron chi connectivity index (χ3n) is 3.69. The second-order valence-corrected chi connectivity index (χ2v) is 5.40. The second kappa shape index (κ2) is 6.79. The third-order valence-corrected chi connectivity index (χ3v) is 4.02. The molecule has 108 valence electrons. The summed E-state index contributed by atoms with van der Waals surface area (Å²) in [5.74, 6) is -0.637. The fourth-order valence-electron chi connectivity index (χ4n) is 2.53. The van der Waals surface area contributed by atoms with Crippen molar-refractivity contribution in [3.63, 3.8) is 0 Å². The minimum atomic E-state index is -0.355. The highest BCUT2D eigenvalue weighted by Gasteiger charge is 2.24. The molecule has 3 nitrogen and oxygen atoms in total. The summed E-state index contributed by atoms with van der Waals surface area (Å²) in [6, 6.07) is 5.87. The van der Waals surface area contributed by atoms with E-state index in [1.165, 1.54) is 30.7 Å². The Morgan fingerprint density at radius 3 is 2.75 bits per heavy atom. The van der Waals surface area contributed by atoms with Crippen LogP contribution in [0, 0.1) is 5.82 Å². The number of nitrogens with one attached hydrogen (secondary N) is 1. The fourth-order valence-corrected chi connectivity index (χ4v) is 2.87. The van der Waals surface area contributed by atoms with E-state index in [2.05, 4.69) is 17.1 Å². The van der Waals surface area contributed by atoms with Gasteiger partial charge in [-0.05, 0) is 62.2 Å². The van der Waals surface area contributed by atoms with Crippen molar-refractivity contribution in [3.05, 3.63) is 35.6 Å². The van der Waals surface area contributed by atoms with Crippen LogP contribution in [0.2, 0.25) is 0 Å². The molecule has 1 fully saturated rings. The molecule has 0 unspecified atom stereocenters. The number of carbonyl (C=O) groups is 1. The number of rotatable bonds is 2. The summed E-state index contributed by atoms with van der Waals surface area (Å²) < 4.78 is 12.8. The van der Waals surface area contributed by atoms with Crippen LogP contribution in [0.5, 0.6) is 0 Å². The van der Waals surface area contributed by atoms with Crippen molar-refractivity contribution in [3.8, 4) is 0 Å². The van der Waals surface area contributed by atoms with Crippen molar-refractivity contribution in [1.29, 1.82) is 0 Å². The first-order valence-corrected chi connectivity index (χ1v) is 7.40. The number of piperidine rings is 1. The highest BCUT2D eigenvalue weighted by atomic mass is 32.1. The van der Waals surface area contributed by atoms with Gasteiger partial charge in [0.15, 0.2) is 5.11 Å². The summed E-state index contributed by atoms with van der Waals surface area (Å²) in [7, 11) is 0. The van der Waals surface area contributed by atoms with Crippen molar-refractivity contribution in [2.45, 2.75) is 38.6 Å². The van der Waals surface area contributed by atoms with Gasteiger partial charge in [0.2, 0.25) is 0 Å². The fraction of sp³-hybridized carbons (Fsp3) is 0.467. The molecule has 0 spiro atoms.